The normalized spacial score (nSPS) is 25.1. The van der Waals surface area contributed by atoms with E-state index >= 15 is 0 Å². The zero-order chi connectivity index (χ0) is 13.8. The number of ether oxygens (including phenoxy) is 1. The minimum Gasteiger partial charge on any atom is -0.493 e. The van der Waals surface area contributed by atoms with Crippen molar-refractivity contribution in [1.29, 1.82) is 0 Å². The van der Waals surface area contributed by atoms with E-state index in [1.54, 1.807) is 0 Å². The molecule has 0 aliphatic heterocycles. The fourth-order valence-electron chi connectivity index (χ4n) is 2.59. The molecule has 20 heavy (non-hydrogen) atoms. The van der Waals surface area contributed by atoms with Crippen LogP contribution < -0.4 is 10.1 Å². The molecular formula is C17H23NO2. The Morgan fingerprint density at radius 2 is 2.05 bits per heavy atom. The molecule has 2 atom stereocenters. The average Bonchev–Trinajstić information content (AvgIpc) is 3.20. The van der Waals surface area contributed by atoms with Gasteiger partial charge in [-0.1, -0.05) is 30.4 Å². The van der Waals surface area contributed by atoms with Gasteiger partial charge in [-0.15, -0.1) is 0 Å². The summed E-state index contributed by atoms with van der Waals surface area (Å²) in [6.07, 6.45) is 7.88. The Morgan fingerprint density at radius 1 is 1.20 bits per heavy atom. The predicted molar refractivity (Wildman–Crippen MR) is 79.6 cm³/mol. The third-order valence-electron chi connectivity index (χ3n) is 4.11. The summed E-state index contributed by atoms with van der Waals surface area (Å²) in [4.78, 5) is 0. The maximum absolute atomic E-state index is 9.14. The molecule has 3 heteroatoms. The molecule has 0 bridgehead atoms. The second-order valence-corrected chi connectivity index (χ2v) is 5.91. The summed E-state index contributed by atoms with van der Waals surface area (Å²) in [5.41, 5.74) is 1.22. The van der Waals surface area contributed by atoms with Gasteiger partial charge >= 0.3 is 0 Å². The highest BCUT2D eigenvalue weighted by Crippen LogP contribution is 2.30. The van der Waals surface area contributed by atoms with Crippen molar-refractivity contribution in [3.05, 3.63) is 42.0 Å². The van der Waals surface area contributed by atoms with Crippen LogP contribution in [0.5, 0.6) is 5.75 Å². The Kier molecular flexibility index (Phi) is 4.38. The number of benzene rings is 1. The third-order valence-corrected chi connectivity index (χ3v) is 4.11. The van der Waals surface area contributed by atoms with Crippen molar-refractivity contribution in [3.8, 4) is 5.75 Å². The third kappa shape index (κ3) is 3.62. The summed E-state index contributed by atoms with van der Waals surface area (Å²) in [7, 11) is 0. The van der Waals surface area contributed by atoms with Crippen LogP contribution in [0.4, 0.5) is 0 Å². The van der Waals surface area contributed by atoms with E-state index in [0.717, 1.165) is 31.2 Å². The Hall–Kier alpha value is -1.32. The van der Waals surface area contributed by atoms with Gasteiger partial charge in [-0.25, -0.2) is 0 Å². The number of hydrogen-bond acceptors (Lipinski definition) is 3. The van der Waals surface area contributed by atoms with Gasteiger partial charge in [0.25, 0.3) is 0 Å². The summed E-state index contributed by atoms with van der Waals surface area (Å²) < 4.78 is 5.92. The van der Waals surface area contributed by atoms with E-state index in [-0.39, 0.29) is 6.61 Å². The van der Waals surface area contributed by atoms with Gasteiger partial charge in [0.1, 0.15) is 5.75 Å². The van der Waals surface area contributed by atoms with Crippen LogP contribution in [-0.2, 0) is 6.54 Å². The number of aliphatic hydroxyl groups excluding tert-OH is 1. The highest BCUT2D eigenvalue weighted by atomic mass is 16.5. The topological polar surface area (TPSA) is 41.5 Å². The van der Waals surface area contributed by atoms with E-state index in [2.05, 4.69) is 35.7 Å². The Labute approximate surface area is 120 Å². The van der Waals surface area contributed by atoms with E-state index in [1.807, 2.05) is 6.07 Å². The van der Waals surface area contributed by atoms with Crippen LogP contribution in [-0.4, -0.2) is 24.4 Å². The molecule has 0 aromatic heterocycles. The van der Waals surface area contributed by atoms with Crippen molar-refractivity contribution >= 4 is 0 Å². The number of rotatable bonds is 7. The van der Waals surface area contributed by atoms with Gasteiger partial charge in [0.05, 0.1) is 6.61 Å². The molecule has 1 fully saturated rings. The first-order valence-electron chi connectivity index (χ1n) is 7.58. The number of aliphatic hydroxyl groups is 1. The first kappa shape index (κ1) is 13.7. The van der Waals surface area contributed by atoms with Crippen molar-refractivity contribution in [2.75, 3.05) is 13.2 Å². The molecule has 108 valence electrons. The van der Waals surface area contributed by atoms with Crippen LogP contribution in [0.3, 0.4) is 0 Å². The maximum atomic E-state index is 9.14. The van der Waals surface area contributed by atoms with Gasteiger partial charge in [0, 0.05) is 30.7 Å². The lowest BCUT2D eigenvalue weighted by atomic mass is 10.1. The predicted octanol–water partition coefficient (Wildman–Crippen LogP) is 2.50. The lowest BCUT2D eigenvalue weighted by Gasteiger charge is -2.15. The highest BCUT2D eigenvalue weighted by molar-refractivity contribution is 5.33. The first-order chi connectivity index (χ1) is 9.85. The molecule has 1 saturated carbocycles. The van der Waals surface area contributed by atoms with Crippen LogP contribution in [0.25, 0.3) is 0 Å². The van der Waals surface area contributed by atoms with Crippen molar-refractivity contribution in [2.24, 2.45) is 11.8 Å². The molecule has 1 aromatic rings. The van der Waals surface area contributed by atoms with E-state index in [1.165, 1.54) is 18.4 Å². The molecule has 0 saturated heterocycles. The van der Waals surface area contributed by atoms with Crippen molar-refractivity contribution < 1.29 is 9.84 Å². The van der Waals surface area contributed by atoms with Crippen LogP contribution in [0, 0.1) is 11.8 Å². The van der Waals surface area contributed by atoms with E-state index in [9.17, 15) is 0 Å². The molecule has 1 aromatic carbocycles. The monoisotopic (exact) mass is 273 g/mol. The Bertz CT molecular complexity index is 468. The van der Waals surface area contributed by atoms with Crippen molar-refractivity contribution in [3.63, 3.8) is 0 Å². The van der Waals surface area contributed by atoms with Crippen molar-refractivity contribution in [2.45, 2.75) is 31.8 Å². The number of para-hydroxylation sites is 1. The SMILES string of the molecule is OC[C@H]1C=C[C@@H](NCc2ccccc2OCC2CC2)C1. The number of hydrogen-bond donors (Lipinski definition) is 2. The Balaban J connectivity index is 1.52. The standard InChI is InChI=1S/C17H23NO2/c19-11-14-7-8-16(9-14)18-10-15-3-1-2-4-17(15)20-12-13-5-6-13/h1-4,7-8,13-14,16,18-19H,5-6,9-12H2/t14-,16+/m0/s1. The molecule has 3 nitrogen and oxygen atoms in total. The fraction of sp³-hybridized carbons (Fsp3) is 0.529. The largest absolute Gasteiger partial charge is 0.493 e. The van der Waals surface area contributed by atoms with Gasteiger partial charge < -0.3 is 15.2 Å². The molecule has 3 rings (SSSR count). The molecule has 2 aliphatic carbocycles. The summed E-state index contributed by atoms with van der Waals surface area (Å²) in [6.45, 7) is 1.91. The molecule has 0 spiro atoms. The van der Waals surface area contributed by atoms with Gasteiger partial charge in [-0.05, 0) is 31.2 Å². The maximum Gasteiger partial charge on any atom is 0.123 e. The van der Waals surface area contributed by atoms with Gasteiger partial charge in [-0.3, -0.25) is 0 Å². The zero-order valence-corrected chi connectivity index (χ0v) is 11.8. The average molecular weight is 273 g/mol. The molecule has 0 heterocycles. The summed E-state index contributed by atoms with van der Waals surface area (Å²) in [5, 5.41) is 12.7. The van der Waals surface area contributed by atoms with E-state index < -0.39 is 0 Å². The zero-order valence-electron chi connectivity index (χ0n) is 11.8. The summed E-state index contributed by atoms with van der Waals surface area (Å²) >= 11 is 0. The van der Waals surface area contributed by atoms with Gasteiger partial charge in [-0.2, -0.15) is 0 Å². The smallest absolute Gasteiger partial charge is 0.123 e. The lowest BCUT2D eigenvalue weighted by Crippen LogP contribution is -2.26. The molecule has 0 radical (unpaired) electrons. The number of nitrogens with one attached hydrogen (secondary N) is 1. The molecular weight excluding hydrogens is 250 g/mol. The molecule has 0 unspecified atom stereocenters. The van der Waals surface area contributed by atoms with Crippen LogP contribution in [0.1, 0.15) is 24.8 Å². The summed E-state index contributed by atoms with van der Waals surface area (Å²) in [6, 6.07) is 8.63. The van der Waals surface area contributed by atoms with Crippen LogP contribution in [0.2, 0.25) is 0 Å². The first-order valence-corrected chi connectivity index (χ1v) is 7.58. The lowest BCUT2D eigenvalue weighted by molar-refractivity contribution is 0.246. The van der Waals surface area contributed by atoms with Crippen LogP contribution >= 0.6 is 0 Å². The summed E-state index contributed by atoms with van der Waals surface area (Å²) in [5.74, 6) is 2.10. The minimum atomic E-state index is 0.246. The second kappa shape index (κ2) is 6.42. The quantitative estimate of drug-likeness (QED) is 0.750. The minimum absolute atomic E-state index is 0.246. The van der Waals surface area contributed by atoms with E-state index in [0.29, 0.717) is 12.0 Å². The molecule has 2 aliphatic rings. The molecule has 0 amide bonds. The van der Waals surface area contributed by atoms with Crippen LogP contribution in [0.15, 0.2) is 36.4 Å². The van der Waals surface area contributed by atoms with Crippen molar-refractivity contribution in [1.82, 2.24) is 5.32 Å². The van der Waals surface area contributed by atoms with Gasteiger partial charge in [0.2, 0.25) is 0 Å². The fourth-order valence-corrected chi connectivity index (χ4v) is 2.59. The Morgan fingerprint density at radius 3 is 2.80 bits per heavy atom. The second-order valence-electron chi connectivity index (χ2n) is 5.91. The molecule has 2 N–H and O–H groups in total. The van der Waals surface area contributed by atoms with Gasteiger partial charge in [0.15, 0.2) is 0 Å². The highest BCUT2D eigenvalue weighted by Gasteiger charge is 2.22. The van der Waals surface area contributed by atoms with E-state index in [4.69, 9.17) is 9.84 Å².